The molecule has 1 unspecified atom stereocenters. The molecule has 1 N–H and O–H groups in total. The zero-order valence-electron chi connectivity index (χ0n) is 11.8. The highest BCUT2D eigenvalue weighted by Gasteiger charge is 2.22. The third kappa shape index (κ3) is 2.82. The second-order valence-electron chi connectivity index (χ2n) is 4.57. The summed E-state index contributed by atoms with van der Waals surface area (Å²) in [4.78, 5) is 2.53. The van der Waals surface area contributed by atoms with Crippen LogP contribution in [0.15, 0.2) is 12.1 Å². The van der Waals surface area contributed by atoms with Gasteiger partial charge in [0.2, 0.25) is 5.88 Å². The Bertz CT molecular complexity index is 560. The minimum atomic E-state index is -0.577. The standard InChI is InChI=1S/C14H20N2O2S/c1-5-10-6-7-11(19-10)8-12(17)13-9(2)15-16(3)14(13)18-4/h6-7,12,17H,5,8H2,1-4H3. The van der Waals surface area contributed by atoms with Gasteiger partial charge in [-0.1, -0.05) is 6.92 Å². The highest BCUT2D eigenvalue weighted by molar-refractivity contribution is 7.11. The molecule has 1 atom stereocenters. The molecule has 0 saturated heterocycles. The van der Waals surface area contributed by atoms with E-state index >= 15 is 0 Å². The van der Waals surface area contributed by atoms with E-state index in [2.05, 4.69) is 24.2 Å². The van der Waals surface area contributed by atoms with Crippen molar-refractivity contribution in [2.75, 3.05) is 7.11 Å². The summed E-state index contributed by atoms with van der Waals surface area (Å²) in [5.41, 5.74) is 1.61. The van der Waals surface area contributed by atoms with Gasteiger partial charge >= 0.3 is 0 Å². The van der Waals surface area contributed by atoms with Gasteiger partial charge in [0, 0.05) is 23.2 Å². The second kappa shape index (κ2) is 5.75. The Morgan fingerprint density at radius 2 is 2.11 bits per heavy atom. The second-order valence-corrected chi connectivity index (χ2v) is 5.83. The topological polar surface area (TPSA) is 47.3 Å². The Kier molecular flexibility index (Phi) is 4.27. The maximum absolute atomic E-state index is 10.4. The lowest BCUT2D eigenvalue weighted by molar-refractivity contribution is 0.173. The molecule has 0 saturated carbocycles. The van der Waals surface area contributed by atoms with Crippen molar-refractivity contribution in [1.29, 1.82) is 0 Å². The normalized spacial score (nSPS) is 12.7. The maximum atomic E-state index is 10.4. The number of aliphatic hydroxyl groups is 1. The van der Waals surface area contributed by atoms with E-state index in [-0.39, 0.29) is 0 Å². The molecule has 0 aliphatic carbocycles. The van der Waals surface area contributed by atoms with Crippen LogP contribution in [-0.2, 0) is 19.9 Å². The summed E-state index contributed by atoms with van der Waals surface area (Å²) in [7, 11) is 3.43. The Balaban J connectivity index is 2.22. The van der Waals surface area contributed by atoms with Crippen LogP contribution in [0.25, 0.3) is 0 Å². The van der Waals surface area contributed by atoms with Crippen molar-refractivity contribution in [3.8, 4) is 5.88 Å². The van der Waals surface area contributed by atoms with Gasteiger partial charge in [-0.25, -0.2) is 4.68 Å². The van der Waals surface area contributed by atoms with Crippen molar-refractivity contribution in [3.05, 3.63) is 33.1 Å². The van der Waals surface area contributed by atoms with E-state index < -0.39 is 6.10 Å². The van der Waals surface area contributed by atoms with Crippen LogP contribution in [0.3, 0.4) is 0 Å². The molecule has 104 valence electrons. The summed E-state index contributed by atoms with van der Waals surface area (Å²) in [5.74, 6) is 0.636. The summed E-state index contributed by atoms with van der Waals surface area (Å²) >= 11 is 1.75. The van der Waals surface area contributed by atoms with Crippen LogP contribution in [0.1, 0.15) is 34.0 Å². The summed E-state index contributed by atoms with van der Waals surface area (Å²) < 4.78 is 6.99. The molecule has 2 aromatic rings. The number of hydrogen-bond donors (Lipinski definition) is 1. The predicted molar refractivity (Wildman–Crippen MR) is 76.9 cm³/mol. The van der Waals surface area contributed by atoms with E-state index in [9.17, 15) is 5.11 Å². The van der Waals surface area contributed by atoms with Crippen LogP contribution in [0.4, 0.5) is 0 Å². The van der Waals surface area contributed by atoms with Crippen LogP contribution >= 0.6 is 11.3 Å². The van der Waals surface area contributed by atoms with E-state index in [0.717, 1.165) is 17.7 Å². The van der Waals surface area contributed by atoms with Gasteiger partial charge in [-0.05, 0) is 25.5 Å². The van der Waals surface area contributed by atoms with Crippen LogP contribution < -0.4 is 4.74 Å². The smallest absolute Gasteiger partial charge is 0.217 e. The number of methoxy groups -OCH3 is 1. The van der Waals surface area contributed by atoms with Gasteiger partial charge in [-0.3, -0.25) is 0 Å². The molecular weight excluding hydrogens is 260 g/mol. The van der Waals surface area contributed by atoms with E-state index in [1.165, 1.54) is 9.75 Å². The Hall–Kier alpha value is -1.33. The number of aryl methyl sites for hydroxylation is 3. The zero-order valence-corrected chi connectivity index (χ0v) is 12.6. The third-order valence-electron chi connectivity index (χ3n) is 3.20. The highest BCUT2D eigenvalue weighted by atomic mass is 32.1. The van der Waals surface area contributed by atoms with Crippen LogP contribution in [-0.4, -0.2) is 22.0 Å². The summed E-state index contributed by atoms with van der Waals surface area (Å²) in [6.45, 7) is 4.04. The first-order chi connectivity index (χ1) is 9.06. The van der Waals surface area contributed by atoms with E-state index in [1.807, 2.05) is 14.0 Å². The molecule has 19 heavy (non-hydrogen) atoms. The fourth-order valence-electron chi connectivity index (χ4n) is 2.29. The minimum absolute atomic E-state index is 0.577. The van der Waals surface area contributed by atoms with Gasteiger partial charge < -0.3 is 9.84 Å². The average molecular weight is 280 g/mol. The Morgan fingerprint density at radius 1 is 1.42 bits per heavy atom. The SMILES string of the molecule is CCc1ccc(CC(O)c2c(C)nn(C)c2OC)s1. The summed E-state index contributed by atoms with van der Waals surface area (Å²) in [5, 5.41) is 14.7. The zero-order chi connectivity index (χ0) is 14.0. The van der Waals surface area contributed by atoms with Crippen molar-refractivity contribution >= 4 is 11.3 Å². The van der Waals surface area contributed by atoms with Crippen molar-refractivity contribution in [1.82, 2.24) is 9.78 Å². The van der Waals surface area contributed by atoms with Gasteiger partial charge in [-0.2, -0.15) is 5.10 Å². The number of nitrogens with zero attached hydrogens (tertiary/aromatic N) is 2. The van der Waals surface area contributed by atoms with Crippen molar-refractivity contribution in [3.63, 3.8) is 0 Å². The number of rotatable bonds is 5. The first-order valence-corrected chi connectivity index (χ1v) is 7.21. The molecule has 0 radical (unpaired) electrons. The number of aliphatic hydroxyl groups excluding tert-OH is 1. The number of thiophene rings is 1. The number of aromatic nitrogens is 2. The summed E-state index contributed by atoms with van der Waals surface area (Å²) in [6.07, 6.45) is 1.07. The lowest BCUT2D eigenvalue weighted by Crippen LogP contribution is -2.04. The fraction of sp³-hybridized carbons (Fsp3) is 0.500. The molecule has 2 aromatic heterocycles. The Morgan fingerprint density at radius 3 is 2.68 bits per heavy atom. The molecule has 0 bridgehead atoms. The van der Waals surface area contributed by atoms with Crippen molar-refractivity contribution < 1.29 is 9.84 Å². The lowest BCUT2D eigenvalue weighted by atomic mass is 10.1. The third-order valence-corrected chi connectivity index (χ3v) is 4.45. The highest BCUT2D eigenvalue weighted by Crippen LogP contribution is 2.31. The van der Waals surface area contributed by atoms with Gasteiger partial charge in [0.1, 0.15) is 0 Å². The predicted octanol–water partition coefficient (Wildman–Crippen LogP) is 2.64. The van der Waals surface area contributed by atoms with Gasteiger partial charge in [0.15, 0.2) is 0 Å². The molecule has 0 amide bonds. The summed E-state index contributed by atoms with van der Waals surface area (Å²) in [6, 6.07) is 4.21. The Labute approximate surface area is 117 Å². The van der Waals surface area contributed by atoms with E-state index in [4.69, 9.17) is 4.74 Å². The first-order valence-electron chi connectivity index (χ1n) is 6.40. The molecule has 2 rings (SSSR count). The monoisotopic (exact) mass is 280 g/mol. The van der Waals surface area contributed by atoms with Gasteiger partial charge in [0.05, 0.1) is 24.5 Å². The first kappa shape index (κ1) is 14.1. The van der Waals surface area contributed by atoms with Crippen LogP contribution in [0.2, 0.25) is 0 Å². The molecule has 5 heteroatoms. The minimum Gasteiger partial charge on any atom is -0.481 e. The number of hydrogen-bond acceptors (Lipinski definition) is 4. The molecule has 2 heterocycles. The molecule has 0 fully saturated rings. The maximum Gasteiger partial charge on any atom is 0.217 e. The molecule has 0 aromatic carbocycles. The van der Waals surface area contributed by atoms with E-state index in [1.54, 1.807) is 23.1 Å². The largest absolute Gasteiger partial charge is 0.481 e. The fourth-order valence-corrected chi connectivity index (χ4v) is 3.29. The molecule has 0 aliphatic rings. The van der Waals surface area contributed by atoms with Crippen LogP contribution in [0, 0.1) is 6.92 Å². The van der Waals surface area contributed by atoms with Gasteiger partial charge in [0.25, 0.3) is 0 Å². The molecule has 0 spiro atoms. The van der Waals surface area contributed by atoms with Crippen molar-refractivity contribution in [2.45, 2.75) is 32.8 Å². The molecular formula is C14H20N2O2S. The van der Waals surface area contributed by atoms with Crippen LogP contribution in [0.5, 0.6) is 5.88 Å². The van der Waals surface area contributed by atoms with Crippen molar-refractivity contribution in [2.24, 2.45) is 7.05 Å². The van der Waals surface area contributed by atoms with Gasteiger partial charge in [-0.15, -0.1) is 11.3 Å². The quantitative estimate of drug-likeness (QED) is 0.916. The molecule has 4 nitrogen and oxygen atoms in total. The average Bonchev–Trinajstić information content (AvgIpc) is 2.92. The lowest BCUT2D eigenvalue weighted by Gasteiger charge is -2.11. The van der Waals surface area contributed by atoms with E-state index in [0.29, 0.717) is 12.3 Å². The number of ether oxygens (including phenoxy) is 1. The molecule has 0 aliphatic heterocycles.